The van der Waals surface area contributed by atoms with Crippen molar-refractivity contribution in [3.63, 3.8) is 0 Å². The number of ether oxygens (including phenoxy) is 1. The van der Waals surface area contributed by atoms with E-state index in [1.165, 1.54) is 12.1 Å². The molecule has 0 heterocycles. The molecular formula is C19H26N2O5S. The second kappa shape index (κ2) is 9.73. The minimum absolute atomic E-state index is 0.0162. The van der Waals surface area contributed by atoms with Gasteiger partial charge < -0.3 is 10.1 Å². The second-order valence-electron chi connectivity index (χ2n) is 6.88. The van der Waals surface area contributed by atoms with Crippen molar-refractivity contribution in [1.29, 1.82) is 0 Å². The van der Waals surface area contributed by atoms with Gasteiger partial charge in [-0.3, -0.25) is 19.7 Å². The molecule has 1 N–H and O–H groups in total. The Morgan fingerprint density at radius 3 is 2.74 bits per heavy atom. The number of amides is 1. The second-order valence-corrected chi connectivity index (χ2v) is 7.90. The Hall–Kier alpha value is -2.09. The molecule has 0 saturated heterocycles. The Morgan fingerprint density at radius 2 is 2.07 bits per heavy atom. The van der Waals surface area contributed by atoms with E-state index >= 15 is 0 Å². The highest BCUT2D eigenvalue weighted by Crippen LogP contribution is 2.32. The summed E-state index contributed by atoms with van der Waals surface area (Å²) in [4.78, 5) is 35.3. The van der Waals surface area contributed by atoms with Crippen LogP contribution in [-0.4, -0.2) is 35.2 Å². The number of carbonyl (C=O) groups excluding carboxylic acids is 2. The number of rotatable bonds is 7. The van der Waals surface area contributed by atoms with E-state index < -0.39 is 10.9 Å². The fourth-order valence-corrected chi connectivity index (χ4v) is 4.10. The van der Waals surface area contributed by atoms with Gasteiger partial charge in [0.05, 0.1) is 22.2 Å². The van der Waals surface area contributed by atoms with Crippen LogP contribution in [0.1, 0.15) is 50.4 Å². The fraction of sp³-hybridized carbons (Fsp3) is 0.579. The summed E-state index contributed by atoms with van der Waals surface area (Å²) in [7, 11) is 0. The molecule has 1 amide bonds. The first-order valence-corrected chi connectivity index (χ1v) is 10.2. The zero-order valence-corrected chi connectivity index (χ0v) is 16.7. The Bertz CT molecular complexity index is 709. The molecule has 1 aromatic carbocycles. The maximum atomic E-state index is 12.6. The average Bonchev–Trinajstić information content (AvgIpc) is 2.63. The van der Waals surface area contributed by atoms with Crippen molar-refractivity contribution in [3.05, 3.63) is 33.9 Å². The van der Waals surface area contributed by atoms with Crippen LogP contribution in [0.5, 0.6) is 0 Å². The average molecular weight is 394 g/mol. The largest absolute Gasteiger partial charge is 0.465 e. The predicted octanol–water partition coefficient (Wildman–Crippen LogP) is 3.80. The van der Waals surface area contributed by atoms with E-state index in [1.54, 1.807) is 13.0 Å². The molecule has 3 atom stereocenters. The zero-order chi connectivity index (χ0) is 20.0. The van der Waals surface area contributed by atoms with Gasteiger partial charge in [0.15, 0.2) is 0 Å². The number of thioether (sulfide) groups is 1. The van der Waals surface area contributed by atoms with E-state index in [2.05, 4.69) is 19.2 Å². The molecule has 1 fully saturated rings. The van der Waals surface area contributed by atoms with Crippen molar-refractivity contribution in [1.82, 2.24) is 5.32 Å². The number of nitro benzene ring substituents is 1. The van der Waals surface area contributed by atoms with Gasteiger partial charge in [0.1, 0.15) is 0 Å². The molecule has 0 aromatic heterocycles. The topological polar surface area (TPSA) is 98.5 Å². The number of nitrogens with one attached hydrogen (secondary N) is 1. The summed E-state index contributed by atoms with van der Waals surface area (Å²) >= 11 is 1.03. The molecule has 1 aromatic rings. The molecule has 0 unspecified atom stereocenters. The molecule has 7 nitrogen and oxygen atoms in total. The predicted molar refractivity (Wildman–Crippen MR) is 104 cm³/mol. The summed E-state index contributed by atoms with van der Waals surface area (Å²) in [5.74, 6) is 0.166. The number of hydrogen-bond donors (Lipinski definition) is 1. The van der Waals surface area contributed by atoms with Crippen LogP contribution in [0.15, 0.2) is 23.1 Å². The summed E-state index contributed by atoms with van der Waals surface area (Å²) < 4.78 is 4.84. The molecule has 0 spiro atoms. The third-order valence-electron chi connectivity index (χ3n) is 5.09. The van der Waals surface area contributed by atoms with Crippen LogP contribution < -0.4 is 5.32 Å². The molecule has 8 heteroatoms. The molecule has 1 aliphatic carbocycles. The summed E-state index contributed by atoms with van der Waals surface area (Å²) in [5, 5.41) is 14.4. The standard InChI is InChI=1S/C19H26N2O5S/c1-4-26-18(22)11-27-17-9-8-14(10-16(17)21(24)25)19(23)20-15-7-5-6-12(2)13(15)3/h8-10,12-13,15H,4-7,11H2,1-3H3,(H,20,23)/t12-,13-,15-/m1/s1. The lowest BCUT2D eigenvalue weighted by molar-refractivity contribution is -0.387. The first-order chi connectivity index (χ1) is 12.8. The van der Waals surface area contributed by atoms with E-state index in [1.807, 2.05) is 0 Å². The van der Waals surface area contributed by atoms with Crippen LogP contribution in [0.3, 0.4) is 0 Å². The van der Waals surface area contributed by atoms with E-state index in [-0.39, 0.29) is 35.6 Å². The van der Waals surface area contributed by atoms with Crippen molar-refractivity contribution in [2.75, 3.05) is 12.4 Å². The zero-order valence-electron chi connectivity index (χ0n) is 15.9. The summed E-state index contributed by atoms with van der Waals surface area (Å²) in [6.07, 6.45) is 3.15. The van der Waals surface area contributed by atoms with Gasteiger partial charge in [0.25, 0.3) is 11.6 Å². The number of nitro groups is 1. The maximum Gasteiger partial charge on any atom is 0.316 e. The van der Waals surface area contributed by atoms with E-state index in [9.17, 15) is 19.7 Å². The Balaban J connectivity index is 2.11. The Morgan fingerprint density at radius 1 is 1.33 bits per heavy atom. The Labute approximate surface area is 163 Å². The molecule has 148 valence electrons. The van der Waals surface area contributed by atoms with Crippen LogP contribution in [-0.2, 0) is 9.53 Å². The molecule has 1 aliphatic rings. The molecule has 0 bridgehead atoms. The third kappa shape index (κ3) is 5.69. The van der Waals surface area contributed by atoms with E-state index in [0.29, 0.717) is 16.7 Å². The van der Waals surface area contributed by atoms with Crippen molar-refractivity contribution < 1.29 is 19.2 Å². The van der Waals surface area contributed by atoms with Gasteiger partial charge in [-0.15, -0.1) is 11.8 Å². The highest BCUT2D eigenvalue weighted by molar-refractivity contribution is 8.00. The number of esters is 1. The van der Waals surface area contributed by atoms with Gasteiger partial charge in [-0.2, -0.15) is 0 Å². The smallest absolute Gasteiger partial charge is 0.316 e. The number of carbonyl (C=O) groups is 2. The van der Waals surface area contributed by atoms with E-state index in [4.69, 9.17) is 4.74 Å². The van der Waals surface area contributed by atoms with Crippen molar-refractivity contribution in [3.8, 4) is 0 Å². The lowest BCUT2D eigenvalue weighted by Crippen LogP contribution is -2.43. The van der Waals surface area contributed by atoms with Crippen molar-refractivity contribution in [2.45, 2.75) is 51.0 Å². The number of benzene rings is 1. The van der Waals surface area contributed by atoms with Crippen molar-refractivity contribution in [2.24, 2.45) is 11.8 Å². The molecule has 0 aliphatic heterocycles. The minimum atomic E-state index is -0.532. The highest BCUT2D eigenvalue weighted by atomic mass is 32.2. The molecule has 0 radical (unpaired) electrons. The van der Waals surface area contributed by atoms with Crippen LogP contribution in [0.4, 0.5) is 5.69 Å². The first-order valence-electron chi connectivity index (χ1n) is 9.21. The fourth-order valence-electron chi connectivity index (χ4n) is 3.30. The third-order valence-corrected chi connectivity index (χ3v) is 6.13. The minimum Gasteiger partial charge on any atom is -0.465 e. The maximum absolute atomic E-state index is 12.6. The van der Waals surface area contributed by atoms with Crippen LogP contribution >= 0.6 is 11.8 Å². The van der Waals surface area contributed by atoms with Gasteiger partial charge in [0, 0.05) is 17.7 Å². The summed E-state index contributed by atoms with van der Waals surface area (Å²) in [6.45, 7) is 6.28. The lowest BCUT2D eigenvalue weighted by Gasteiger charge is -2.34. The SMILES string of the molecule is CCOC(=O)CSc1ccc(C(=O)N[C@@H]2CCC[C@@H](C)[C@H]2C)cc1[N+](=O)[O-]. The quantitative estimate of drug-likeness (QED) is 0.327. The normalized spacial score (nSPS) is 22.1. The molecule has 27 heavy (non-hydrogen) atoms. The monoisotopic (exact) mass is 394 g/mol. The Kier molecular flexibility index (Phi) is 7.65. The number of nitrogens with zero attached hydrogens (tertiary/aromatic N) is 1. The first kappa shape index (κ1) is 21.2. The van der Waals surface area contributed by atoms with Crippen LogP contribution in [0, 0.1) is 22.0 Å². The van der Waals surface area contributed by atoms with Gasteiger partial charge >= 0.3 is 5.97 Å². The molecular weight excluding hydrogens is 368 g/mol. The van der Waals surface area contributed by atoms with Gasteiger partial charge in [-0.1, -0.05) is 26.7 Å². The summed E-state index contributed by atoms with van der Waals surface area (Å²) in [5.41, 5.74) is 0.0784. The van der Waals surface area contributed by atoms with Gasteiger partial charge in [-0.05, 0) is 37.3 Å². The lowest BCUT2D eigenvalue weighted by atomic mass is 9.78. The highest BCUT2D eigenvalue weighted by Gasteiger charge is 2.29. The van der Waals surface area contributed by atoms with Crippen LogP contribution in [0.25, 0.3) is 0 Å². The van der Waals surface area contributed by atoms with E-state index in [0.717, 1.165) is 31.0 Å². The van der Waals surface area contributed by atoms with Gasteiger partial charge in [-0.25, -0.2) is 0 Å². The summed E-state index contributed by atoms with van der Waals surface area (Å²) in [6, 6.07) is 4.44. The molecule has 1 saturated carbocycles. The van der Waals surface area contributed by atoms with Crippen LogP contribution in [0.2, 0.25) is 0 Å². The van der Waals surface area contributed by atoms with Crippen molar-refractivity contribution >= 4 is 29.3 Å². The van der Waals surface area contributed by atoms with Gasteiger partial charge in [0.2, 0.25) is 0 Å². The molecule has 2 rings (SSSR count). The number of hydrogen-bond acceptors (Lipinski definition) is 6.